The minimum absolute atomic E-state index is 0.331. The smallest absolute Gasteiger partial charge is 0.0431 e. The van der Waals surface area contributed by atoms with Crippen LogP contribution in [0.5, 0.6) is 0 Å². The van der Waals surface area contributed by atoms with Crippen molar-refractivity contribution in [3.05, 3.63) is 0 Å². The third kappa shape index (κ3) is 8.58. The number of alkyl halides is 1. The summed E-state index contributed by atoms with van der Waals surface area (Å²) >= 11 is 5.62. The maximum atomic E-state index is 8.66. The van der Waals surface area contributed by atoms with Gasteiger partial charge in [-0.05, 0) is 31.1 Å². The SMILES string of the molecule is CC(C)(CCCCO)CCCCCl. The summed E-state index contributed by atoms with van der Waals surface area (Å²) in [4.78, 5) is 0. The van der Waals surface area contributed by atoms with Crippen LogP contribution in [0.3, 0.4) is 0 Å². The summed E-state index contributed by atoms with van der Waals surface area (Å²) in [6, 6.07) is 0. The van der Waals surface area contributed by atoms with E-state index in [2.05, 4.69) is 13.8 Å². The minimum atomic E-state index is 0.331. The van der Waals surface area contributed by atoms with Crippen LogP contribution in [-0.2, 0) is 0 Å². The largest absolute Gasteiger partial charge is 0.396 e. The highest BCUT2D eigenvalue weighted by Gasteiger charge is 2.16. The van der Waals surface area contributed by atoms with Gasteiger partial charge in [0.1, 0.15) is 0 Å². The molecule has 0 aliphatic carbocycles. The lowest BCUT2D eigenvalue weighted by molar-refractivity contribution is 0.249. The van der Waals surface area contributed by atoms with Crippen molar-refractivity contribution >= 4 is 11.6 Å². The molecule has 0 atom stereocenters. The zero-order valence-corrected chi connectivity index (χ0v) is 9.74. The van der Waals surface area contributed by atoms with Gasteiger partial charge in [0, 0.05) is 12.5 Å². The van der Waals surface area contributed by atoms with Crippen LogP contribution < -0.4 is 0 Å². The average Bonchev–Trinajstić information content (AvgIpc) is 2.05. The first kappa shape index (κ1) is 13.2. The zero-order chi connectivity index (χ0) is 10.2. The van der Waals surface area contributed by atoms with Gasteiger partial charge in [0.25, 0.3) is 0 Å². The minimum Gasteiger partial charge on any atom is -0.396 e. The molecular formula is C11H23ClO. The fourth-order valence-corrected chi connectivity index (χ4v) is 1.73. The van der Waals surface area contributed by atoms with Gasteiger partial charge in [-0.2, -0.15) is 0 Å². The first-order valence-electron chi connectivity index (χ1n) is 5.29. The third-order valence-electron chi connectivity index (χ3n) is 2.50. The van der Waals surface area contributed by atoms with Gasteiger partial charge in [-0.1, -0.05) is 26.7 Å². The topological polar surface area (TPSA) is 20.2 Å². The summed E-state index contributed by atoms with van der Waals surface area (Å²) in [5, 5.41) is 8.66. The van der Waals surface area contributed by atoms with Crippen LogP contribution in [0.15, 0.2) is 0 Å². The summed E-state index contributed by atoms with van der Waals surface area (Å²) in [6.07, 6.45) is 6.92. The lowest BCUT2D eigenvalue weighted by Crippen LogP contribution is -2.11. The predicted octanol–water partition coefficient (Wildman–Crippen LogP) is 3.58. The van der Waals surface area contributed by atoms with Gasteiger partial charge >= 0.3 is 0 Å². The van der Waals surface area contributed by atoms with E-state index in [1.54, 1.807) is 0 Å². The number of aliphatic hydroxyl groups is 1. The summed E-state index contributed by atoms with van der Waals surface area (Å²) in [5.41, 5.74) is 0.432. The Bertz CT molecular complexity index is 101. The molecule has 0 aromatic heterocycles. The Labute approximate surface area is 87.5 Å². The zero-order valence-electron chi connectivity index (χ0n) is 8.98. The van der Waals surface area contributed by atoms with Crippen molar-refractivity contribution in [2.45, 2.75) is 52.4 Å². The Morgan fingerprint density at radius 3 is 2.00 bits per heavy atom. The number of hydrogen-bond acceptors (Lipinski definition) is 1. The molecule has 0 radical (unpaired) electrons. The quantitative estimate of drug-likeness (QED) is 0.476. The summed E-state index contributed by atoms with van der Waals surface area (Å²) < 4.78 is 0. The highest BCUT2D eigenvalue weighted by atomic mass is 35.5. The molecule has 0 bridgehead atoms. The molecule has 2 heteroatoms. The monoisotopic (exact) mass is 206 g/mol. The Morgan fingerprint density at radius 1 is 1.00 bits per heavy atom. The molecule has 0 aliphatic heterocycles. The van der Waals surface area contributed by atoms with E-state index in [4.69, 9.17) is 16.7 Å². The van der Waals surface area contributed by atoms with E-state index in [1.165, 1.54) is 19.3 Å². The molecule has 0 saturated heterocycles. The van der Waals surface area contributed by atoms with Crippen LogP contribution >= 0.6 is 11.6 Å². The van der Waals surface area contributed by atoms with Crippen molar-refractivity contribution in [2.75, 3.05) is 12.5 Å². The number of aliphatic hydroxyl groups excluding tert-OH is 1. The molecule has 13 heavy (non-hydrogen) atoms. The summed E-state index contributed by atoms with van der Waals surface area (Å²) in [6.45, 7) is 4.94. The molecular weight excluding hydrogens is 184 g/mol. The fourth-order valence-electron chi connectivity index (χ4n) is 1.54. The van der Waals surface area contributed by atoms with Crippen LogP contribution in [0, 0.1) is 5.41 Å². The summed E-state index contributed by atoms with van der Waals surface area (Å²) in [5.74, 6) is 0.784. The number of rotatable bonds is 8. The highest BCUT2D eigenvalue weighted by Crippen LogP contribution is 2.29. The van der Waals surface area contributed by atoms with Gasteiger partial charge in [0.05, 0.1) is 0 Å². The van der Waals surface area contributed by atoms with Gasteiger partial charge in [0.15, 0.2) is 0 Å². The van der Waals surface area contributed by atoms with Crippen molar-refractivity contribution in [2.24, 2.45) is 5.41 Å². The van der Waals surface area contributed by atoms with Gasteiger partial charge in [-0.15, -0.1) is 11.6 Å². The van der Waals surface area contributed by atoms with Gasteiger partial charge in [-0.3, -0.25) is 0 Å². The number of halogens is 1. The van der Waals surface area contributed by atoms with Crippen molar-refractivity contribution in [3.63, 3.8) is 0 Å². The number of unbranched alkanes of at least 4 members (excludes halogenated alkanes) is 2. The second kappa shape index (κ2) is 7.64. The highest BCUT2D eigenvalue weighted by molar-refractivity contribution is 6.17. The second-order valence-electron chi connectivity index (χ2n) is 4.49. The molecule has 80 valence electrons. The van der Waals surface area contributed by atoms with Crippen LogP contribution in [-0.4, -0.2) is 17.6 Å². The van der Waals surface area contributed by atoms with E-state index in [1.807, 2.05) is 0 Å². The average molecular weight is 207 g/mol. The lowest BCUT2D eigenvalue weighted by atomic mass is 9.82. The first-order valence-corrected chi connectivity index (χ1v) is 5.83. The van der Waals surface area contributed by atoms with Crippen molar-refractivity contribution < 1.29 is 5.11 Å². The molecule has 0 heterocycles. The molecule has 0 amide bonds. The van der Waals surface area contributed by atoms with Crippen molar-refractivity contribution in [1.29, 1.82) is 0 Å². The molecule has 1 nitrogen and oxygen atoms in total. The maximum Gasteiger partial charge on any atom is 0.0431 e. The molecule has 0 saturated carbocycles. The normalized spacial score (nSPS) is 12.0. The number of hydrogen-bond donors (Lipinski definition) is 1. The van der Waals surface area contributed by atoms with E-state index in [0.717, 1.165) is 25.1 Å². The van der Waals surface area contributed by atoms with Crippen LogP contribution in [0.2, 0.25) is 0 Å². The van der Waals surface area contributed by atoms with Gasteiger partial charge in [0.2, 0.25) is 0 Å². The van der Waals surface area contributed by atoms with Gasteiger partial charge in [-0.25, -0.2) is 0 Å². The van der Waals surface area contributed by atoms with Crippen molar-refractivity contribution in [1.82, 2.24) is 0 Å². The summed E-state index contributed by atoms with van der Waals surface area (Å²) in [7, 11) is 0. The molecule has 0 fully saturated rings. The molecule has 1 N–H and O–H groups in total. The molecule has 0 aromatic carbocycles. The molecule has 0 aromatic rings. The van der Waals surface area contributed by atoms with Crippen LogP contribution in [0.1, 0.15) is 52.4 Å². The predicted molar refractivity (Wildman–Crippen MR) is 59.3 cm³/mol. The van der Waals surface area contributed by atoms with E-state index in [0.29, 0.717) is 12.0 Å². The van der Waals surface area contributed by atoms with Crippen molar-refractivity contribution in [3.8, 4) is 0 Å². The Morgan fingerprint density at radius 2 is 1.54 bits per heavy atom. The van der Waals surface area contributed by atoms with E-state index < -0.39 is 0 Å². The van der Waals surface area contributed by atoms with E-state index >= 15 is 0 Å². The lowest BCUT2D eigenvalue weighted by Gasteiger charge is -2.24. The molecule has 0 rings (SSSR count). The first-order chi connectivity index (χ1) is 6.12. The maximum absolute atomic E-state index is 8.66. The molecule has 0 unspecified atom stereocenters. The third-order valence-corrected chi connectivity index (χ3v) is 2.77. The molecule has 0 aliphatic rings. The van der Waals surface area contributed by atoms with Gasteiger partial charge < -0.3 is 5.11 Å². The van der Waals surface area contributed by atoms with E-state index in [9.17, 15) is 0 Å². The van der Waals surface area contributed by atoms with Crippen LogP contribution in [0.25, 0.3) is 0 Å². The Balaban J connectivity index is 3.42. The Kier molecular flexibility index (Phi) is 7.78. The molecule has 0 spiro atoms. The standard InChI is InChI=1S/C11H23ClO/c1-11(2,7-3-5-9-12)8-4-6-10-13/h13H,3-10H2,1-2H3. The van der Waals surface area contributed by atoms with Crippen LogP contribution in [0.4, 0.5) is 0 Å². The second-order valence-corrected chi connectivity index (χ2v) is 4.87. The van der Waals surface area contributed by atoms with E-state index in [-0.39, 0.29) is 0 Å². The Hall–Kier alpha value is 0.250. The fraction of sp³-hybridized carbons (Fsp3) is 1.00.